The van der Waals surface area contributed by atoms with Crippen molar-refractivity contribution in [3.63, 3.8) is 0 Å². The molecule has 128 valence electrons. The minimum Gasteiger partial charge on any atom is -0.477 e. The van der Waals surface area contributed by atoms with E-state index in [1.54, 1.807) is 0 Å². The molecule has 1 atom stereocenters. The van der Waals surface area contributed by atoms with E-state index in [0.29, 0.717) is 12.0 Å². The molecule has 0 bridgehead atoms. The molecule has 0 fully saturated rings. The summed E-state index contributed by atoms with van der Waals surface area (Å²) in [7, 11) is 0. The van der Waals surface area contributed by atoms with Crippen LogP contribution in [0.1, 0.15) is 79.6 Å². The Morgan fingerprint density at radius 3 is 1.77 bits per heavy atom. The molecule has 0 saturated carbocycles. The molecule has 0 heterocycles. The number of rotatable bonds is 11. The molecule has 4 heteroatoms. The lowest BCUT2D eigenvalue weighted by Gasteiger charge is -2.40. The van der Waals surface area contributed by atoms with Crippen LogP contribution >= 0.6 is 0 Å². The third kappa shape index (κ3) is 4.85. The zero-order chi connectivity index (χ0) is 17.3. The SMILES string of the molecule is CCCCC(=C(C(=O)O)C(=O)O)C(CC)(CCCC)C(C)C. The van der Waals surface area contributed by atoms with Gasteiger partial charge in [-0.15, -0.1) is 0 Å². The van der Waals surface area contributed by atoms with Gasteiger partial charge in [0, 0.05) is 0 Å². The summed E-state index contributed by atoms with van der Waals surface area (Å²) < 4.78 is 0. The first kappa shape index (κ1) is 20.7. The highest BCUT2D eigenvalue weighted by molar-refractivity contribution is 6.13. The molecular weight excluding hydrogens is 280 g/mol. The third-order valence-electron chi connectivity index (χ3n) is 4.82. The average molecular weight is 312 g/mol. The molecule has 0 aliphatic rings. The summed E-state index contributed by atoms with van der Waals surface area (Å²) in [4.78, 5) is 23.1. The highest BCUT2D eigenvalue weighted by Crippen LogP contribution is 2.47. The predicted octanol–water partition coefficient (Wildman–Crippen LogP) is 4.89. The molecule has 1 unspecified atom stereocenters. The van der Waals surface area contributed by atoms with Gasteiger partial charge in [-0.25, -0.2) is 9.59 Å². The second-order valence-corrected chi connectivity index (χ2v) is 6.34. The molecule has 0 amide bonds. The van der Waals surface area contributed by atoms with Crippen molar-refractivity contribution in [2.24, 2.45) is 11.3 Å². The predicted molar refractivity (Wildman–Crippen MR) is 88.9 cm³/mol. The molecule has 4 nitrogen and oxygen atoms in total. The smallest absolute Gasteiger partial charge is 0.343 e. The maximum absolute atomic E-state index is 11.6. The van der Waals surface area contributed by atoms with Crippen molar-refractivity contribution in [3.8, 4) is 0 Å². The largest absolute Gasteiger partial charge is 0.477 e. The summed E-state index contributed by atoms with van der Waals surface area (Å²) in [6.45, 7) is 10.3. The topological polar surface area (TPSA) is 74.6 Å². The molecule has 0 aromatic heterocycles. The summed E-state index contributed by atoms with van der Waals surface area (Å²) in [5.41, 5.74) is -0.0995. The molecule has 22 heavy (non-hydrogen) atoms. The van der Waals surface area contributed by atoms with Crippen LogP contribution in [0.5, 0.6) is 0 Å². The first-order valence-electron chi connectivity index (χ1n) is 8.48. The number of unbranched alkanes of at least 4 members (excludes halogenated alkanes) is 2. The van der Waals surface area contributed by atoms with Gasteiger partial charge in [-0.3, -0.25) is 0 Å². The monoisotopic (exact) mass is 312 g/mol. The van der Waals surface area contributed by atoms with Crippen LogP contribution in [0.25, 0.3) is 0 Å². The lowest BCUT2D eigenvalue weighted by atomic mass is 9.64. The Morgan fingerprint density at radius 1 is 0.955 bits per heavy atom. The van der Waals surface area contributed by atoms with E-state index in [0.717, 1.165) is 38.5 Å². The summed E-state index contributed by atoms with van der Waals surface area (Å²) in [5, 5.41) is 18.9. The van der Waals surface area contributed by atoms with Crippen LogP contribution in [0.15, 0.2) is 11.1 Å². The van der Waals surface area contributed by atoms with Crippen molar-refractivity contribution in [2.75, 3.05) is 0 Å². The maximum atomic E-state index is 11.6. The van der Waals surface area contributed by atoms with Gasteiger partial charge in [-0.05, 0) is 42.6 Å². The van der Waals surface area contributed by atoms with Gasteiger partial charge < -0.3 is 10.2 Å². The fourth-order valence-electron chi connectivity index (χ4n) is 3.40. The van der Waals surface area contributed by atoms with Crippen molar-refractivity contribution in [2.45, 2.75) is 79.6 Å². The van der Waals surface area contributed by atoms with E-state index in [9.17, 15) is 19.8 Å². The van der Waals surface area contributed by atoms with E-state index in [-0.39, 0.29) is 11.3 Å². The van der Waals surface area contributed by atoms with Crippen LogP contribution in [-0.2, 0) is 9.59 Å². The highest BCUT2D eigenvalue weighted by Gasteiger charge is 2.39. The number of hydrogen-bond donors (Lipinski definition) is 2. The lowest BCUT2D eigenvalue weighted by Crippen LogP contribution is -2.33. The van der Waals surface area contributed by atoms with Crippen molar-refractivity contribution >= 4 is 11.9 Å². The van der Waals surface area contributed by atoms with Crippen molar-refractivity contribution in [1.29, 1.82) is 0 Å². The number of hydrogen-bond acceptors (Lipinski definition) is 2. The number of carboxylic acid groups (broad SMARTS) is 2. The van der Waals surface area contributed by atoms with Crippen molar-refractivity contribution in [1.82, 2.24) is 0 Å². The molecule has 0 rings (SSSR count). The quantitative estimate of drug-likeness (QED) is 0.324. The molecule has 0 aliphatic carbocycles. The third-order valence-corrected chi connectivity index (χ3v) is 4.82. The summed E-state index contributed by atoms with van der Waals surface area (Å²) in [6.07, 6.45) is 5.91. The Morgan fingerprint density at radius 2 is 1.45 bits per heavy atom. The Balaban J connectivity index is 6.22. The zero-order valence-corrected chi connectivity index (χ0v) is 14.7. The van der Waals surface area contributed by atoms with Crippen molar-refractivity contribution in [3.05, 3.63) is 11.1 Å². The molecule has 0 aromatic rings. The molecule has 0 saturated heterocycles. The Labute approximate surface area is 134 Å². The average Bonchev–Trinajstić information content (AvgIpc) is 2.44. The van der Waals surface area contributed by atoms with E-state index < -0.39 is 17.5 Å². The standard InChI is InChI=1S/C18H32O4/c1-6-9-11-14(15(16(19)20)17(21)22)18(8-3,13(4)5)12-10-7-2/h13H,6-12H2,1-5H3,(H,19,20)(H,21,22). The van der Waals surface area contributed by atoms with Gasteiger partial charge in [0.05, 0.1) is 0 Å². The minimum atomic E-state index is -1.31. The van der Waals surface area contributed by atoms with Gasteiger partial charge in [-0.1, -0.05) is 53.9 Å². The molecule has 0 aromatic carbocycles. The molecule has 0 spiro atoms. The molecule has 0 aliphatic heterocycles. The fraction of sp³-hybridized carbons (Fsp3) is 0.778. The summed E-state index contributed by atoms with van der Waals surface area (Å²) in [6, 6.07) is 0. The second kappa shape index (κ2) is 9.65. The summed E-state index contributed by atoms with van der Waals surface area (Å²) in [5.74, 6) is -2.41. The van der Waals surface area contributed by atoms with Crippen LogP contribution < -0.4 is 0 Å². The van der Waals surface area contributed by atoms with E-state index in [2.05, 4.69) is 20.8 Å². The van der Waals surface area contributed by atoms with Crippen LogP contribution in [-0.4, -0.2) is 22.2 Å². The second-order valence-electron chi connectivity index (χ2n) is 6.34. The lowest BCUT2D eigenvalue weighted by molar-refractivity contribution is -0.140. The van der Waals surface area contributed by atoms with Gasteiger partial charge in [-0.2, -0.15) is 0 Å². The normalized spacial score (nSPS) is 13.7. The van der Waals surface area contributed by atoms with Gasteiger partial charge >= 0.3 is 11.9 Å². The van der Waals surface area contributed by atoms with Crippen molar-refractivity contribution < 1.29 is 19.8 Å². The first-order chi connectivity index (χ1) is 10.3. The number of allylic oxidation sites excluding steroid dienone is 1. The van der Waals surface area contributed by atoms with E-state index in [4.69, 9.17) is 0 Å². The van der Waals surface area contributed by atoms with Gasteiger partial charge in [0.1, 0.15) is 5.57 Å². The fourth-order valence-corrected chi connectivity index (χ4v) is 3.40. The Bertz CT molecular complexity index is 393. The van der Waals surface area contributed by atoms with Crippen LogP contribution in [0.3, 0.4) is 0 Å². The van der Waals surface area contributed by atoms with Crippen LogP contribution in [0.4, 0.5) is 0 Å². The van der Waals surface area contributed by atoms with E-state index in [1.165, 1.54) is 0 Å². The Hall–Kier alpha value is -1.32. The summed E-state index contributed by atoms with van der Waals surface area (Å²) >= 11 is 0. The Kier molecular flexibility index (Phi) is 9.07. The van der Waals surface area contributed by atoms with Crippen LogP contribution in [0.2, 0.25) is 0 Å². The number of carbonyl (C=O) groups is 2. The van der Waals surface area contributed by atoms with Gasteiger partial charge in [0.2, 0.25) is 0 Å². The molecular formula is C18H32O4. The maximum Gasteiger partial charge on any atom is 0.343 e. The van der Waals surface area contributed by atoms with E-state index in [1.807, 2.05) is 13.8 Å². The number of aliphatic carboxylic acids is 2. The first-order valence-corrected chi connectivity index (χ1v) is 8.48. The van der Waals surface area contributed by atoms with Gasteiger partial charge in [0.25, 0.3) is 0 Å². The number of carboxylic acids is 2. The minimum absolute atomic E-state index is 0.213. The molecule has 0 radical (unpaired) electrons. The highest BCUT2D eigenvalue weighted by atomic mass is 16.4. The van der Waals surface area contributed by atoms with Gasteiger partial charge in [0.15, 0.2) is 0 Å². The molecule has 2 N–H and O–H groups in total. The van der Waals surface area contributed by atoms with Crippen LogP contribution in [0, 0.1) is 11.3 Å². The van der Waals surface area contributed by atoms with E-state index >= 15 is 0 Å². The zero-order valence-electron chi connectivity index (χ0n) is 14.7.